The summed E-state index contributed by atoms with van der Waals surface area (Å²) in [5.41, 5.74) is 3.45. The van der Waals surface area contributed by atoms with E-state index in [1.807, 2.05) is 0 Å². The normalized spacial score (nSPS) is 11.7. The third-order valence-electron chi connectivity index (χ3n) is 2.83. The van der Waals surface area contributed by atoms with Gasteiger partial charge >= 0.3 is 24.3 Å². The summed E-state index contributed by atoms with van der Waals surface area (Å²) in [5.74, 6) is -7.43. The predicted octanol–water partition coefficient (Wildman–Crippen LogP) is 2.50. The van der Waals surface area contributed by atoms with Gasteiger partial charge in [-0.3, -0.25) is 0 Å². The number of carboxylic acid groups (broad SMARTS) is 2. The molecule has 5 nitrogen and oxygen atoms in total. The first-order valence-corrected chi connectivity index (χ1v) is 5.62. The van der Waals surface area contributed by atoms with Crippen molar-refractivity contribution in [1.29, 1.82) is 0 Å². The van der Waals surface area contributed by atoms with E-state index in [9.17, 15) is 27.2 Å². The number of nitrogens with two attached hydrogens (primary N) is 1. The fraction of sp³-hybridized carbons (Fsp3) is 0.333. The van der Waals surface area contributed by atoms with Gasteiger partial charge in [0.1, 0.15) is 0 Å². The van der Waals surface area contributed by atoms with Crippen LogP contribution in [0.4, 0.5) is 23.2 Å². The number of hydrogen-bond donors (Lipinski definition) is 3. The summed E-state index contributed by atoms with van der Waals surface area (Å²) in [7, 11) is 0. The summed E-state index contributed by atoms with van der Waals surface area (Å²) in [4.78, 5) is 21.9. The molecule has 0 fully saturated rings. The lowest BCUT2D eigenvalue weighted by atomic mass is 9.97. The van der Waals surface area contributed by atoms with Crippen molar-refractivity contribution in [3.63, 3.8) is 0 Å². The van der Waals surface area contributed by atoms with Crippen molar-refractivity contribution in [3.8, 4) is 0 Å². The Morgan fingerprint density at radius 1 is 1.19 bits per heavy atom. The number of halogens is 4. The molecule has 0 aliphatic carbocycles. The Labute approximate surface area is 116 Å². The maximum atomic E-state index is 12.8. The zero-order valence-electron chi connectivity index (χ0n) is 10.4. The Morgan fingerprint density at radius 2 is 1.76 bits per heavy atom. The summed E-state index contributed by atoms with van der Waals surface area (Å²) in [6, 6.07) is 1.92. The van der Waals surface area contributed by atoms with Gasteiger partial charge in [-0.05, 0) is 18.1 Å². The molecule has 0 saturated carbocycles. The number of benzene rings is 1. The highest BCUT2D eigenvalue weighted by atomic mass is 19.3. The average Bonchev–Trinajstić information content (AvgIpc) is 2.35. The van der Waals surface area contributed by atoms with Crippen molar-refractivity contribution >= 4 is 17.6 Å². The molecule has 116 valence electrons. The molecule has 1 aromatic rings. The van der Waals surface area contributed by atoms with Crippen LogP contribution in [-0.4, -0.2) is 34.5 Å². The maximum Gasteiger partial charge on any atom is 0.338 e. The van der Waals surface area contributed by atoms with E-state index in [1.54, 1.807) is 0 Å². The fourth-order valence-electron chi connectivity index (χ4n) is 1.70. The lowest BCUT2D eigenvalue weighted by Crippen LogP contribution is -2.27. The van der Waals surface area contributed by atoms with Crippen LogP contribution in [0.25, 0.3) is 0 Å². The van der Waals surface area contributed by atoms with Crippen LogP contribution in [0.2, 0.25) is 0 Å². The zero-order chi connectivity index (χ0) is 16.4. The van der Waals surface area contributed by atoms with Crippen molar-refractivity contribution in [3.05, 3.63) is 28.8 Å². The molecule has 0 aliphatic rings. The van der Waals surface area contributed by atoms with Crippen molar-refractivity contribution in [2.24, 2.45) is 0 Å². The first-order valence-electron chi connectivity index (χ1n) is 5.62. The van der Waals surface area contributed by atoms with Gasteiger partial charge < -0.3 is 15.9 Å². The van der Waals surface area contributed by atoms with E-state index in [0.717, 1.165) is 12.1 Å². The summed E-state index contributed by atoms with van der Waals surface area (Å²) < 4.78 is 49.7. The maximum absolute atomic E-state index is 12.8. The van der Waals surface area contributed by atoms with Crippen molar-refractivity contribution in [2.75, 3.05) is 5.73 Å². The number of rotatable bonds is 6. The summed E-state index contributed by atoms with van der Waals surface area (Å²) in [5, 5.41) is 17.7. The Morgan fingerprint density at radius 3 is 2.19 bits per heavy atom. The van der Waals surface area contributed by atoms with E-state index in [0.29, 0.717) is 0 Å². The van der Waals surface area contributed by atoms with E-state index in [2.05, 4.69) is 0 Å². The monoisotopic (exact) mass is 309 g/mol. The molecule has 21 heavy (non-hydrogen) atoms. The van der Waals surface area contributed by atoms with Crippen LogP contribution in [0.3, 0.4) is 0 Å². The number of carboxylic acids is 2. The standard InChI is InChI=1S/C12H11F4NO4/c13-11(14)12(15,16)4-3-5-1-2-6(9(18)19)7(8(5)17)10(20)21/h1-2,11H,3-4,17H2,(H,18,19)(H,20,21). The zero-order valence-corrected chi connectivity index (χ0v) is 10.4. The van der Waals surface area contributed by atoms with Crippen LogP contribution in [0, 0.1) is 0 Å². The highest BCUT2D eigenvalue weighted by molar-refractivity contribution is 6.05. The minimum absolute atomic E-state index is 0.127. The molecule has 0 atom stereocenters. The fourth-order valence-corrected chi connectivity index (χ4v) is 1.70. The highest BCUT2D eigenvalue weighted by Gasteiger charge is 2.40. The van der Waals surface area contributed by atoms with Crippen LogP contribution in [0.5, 0.6) is 0 Å². The lowest BCUT2D eigenvalue weighted by molar-refractivity contribution is -0.132. The van der Waals surface area contributed by atoms with E-state index in [4.69, 9.17) is 15.9 Å². The van der Waals surface area contributed by atoms with Gasteiger partial charge in [0, 0.05) is 6.42 Å². The van der Waals surface area contributed by atoms with Crippen LogP contribution in [0.15, 0.2) is 12.1 Å². The van der Waals surface area contributed by atoms with Gasteiger partial charge in [-0.2, -0.15) is 0 Å². The predicted molar refractivity (Wildman–Crippen MR) is 64.0 cm³/mol. The Bertz CT molecular complexity index is 575. The Kier molecular flexibility index (Phi) is 4.77. The largest absolute Gasteiger partial charge is 0.478 e. The second-order valence-corrected chi connectivity index (χ2v) is 4.23. The van der Waals surface area contributed by atoms with Gasteiger partial charge in [0.15, 0.2) is 0 Å². The average molecular weight is 309 g/mol. The molecular formula is C12H11F4NO4. The Balaban J connectivity index is 3.14. The second-order valence-electron chi connectivity index (χ2n) is 4.23. The number of aryl methyl sites for hydroxylation is 1. The molecule has 9 heteroatoms. The van der Waals surface area contributed by atoms with Crippen LogP contribution in [0.1, 0.15) is 32.7 Å². The molecule has 0 aromatic heterocycles. The van der Waals surface area contributed by atoms with Crippen LogP contribution >= 0.6 is 0 Å². The lowest BCUT2D eigenvalue weighted by Gasteiger charge is -2.16. The quantitative estimate of drug-likeness (QED) is 0.553. The van der Waals surface area contributed by atoms with Crippen LogP contribution < -0.4 is 5.73 Å². The van der Waals surface area contributed by atoms with Gasteiger partial charge in [0.05, 0.1) is 16.8 Å². The number of anilines is 1. The first-order chi connectivity index (χ1) is 9.58. The molecule has 1 rings (SSSR count). The molecule has 0 bridgehead atoms. The highest BCUT2D eigenvalue weighted by Crippen LogP contribution is 2.31. The summed E-state index contributed by atoms with van der Waals surface area (Å²) >= 11 is 0. The van der Waals surface area contributed by atoms with Gasteiger partial charge in [0.25, 0.3) is 0 Å². The third-order valence-corrected chi connectivity index (χ3v) is 2.83. The molecule has 0 unspecified atom stereocenters. The molecule has 0 aliphatic heterocycles. The van der Waals surface area contributed by atoms with Crippen molar-refractivity contribution in [2.45, 2.75) is 25.2 Å². The SMILES string of the molecule is Nc1c(CCC(F)(F)C(F)F)ccc(C(=O)O)c1C(=O)O. The molecule has 0 radical (unpaired) electrons. The summed E-state index contributed by atoms with van der Waals surface area (Å²) in [6.45, 7) is 0. The minimum Gasteiger partial charge on any atom is -0.478 e. The molecule has 0 spiro atoms. The number of aromatic carboxylic acids is 2. The van der Waals surface area contributed by atoms with E-state index in [-0.39, 0.29) is 5.56 Å². The molecule has 1 aromatic carbocycles. The smallest absolute Gasteiger partial charge is 0.338 e. The van der Waals surface area contributed by atoms with Gasteiger partial charge in [-0.15, -0.1) is 0 Å². The van der Waals surface area contributed by atoms with E-state index < -0.39 is 53.9 Å². The van der Waals surface area contributed by atoms with Crippen molar-refractivity contribution < 1.29 is 37.4 Å². The minimum atomic E-state index is -4.23. The topological polar surface area (TPSA) is 101 Å². The number of alkyl halides is 4. The van der Waals surface area contributed by atoms with Gasteiger partial charge in [-0.1, -0.05) is 6.07 Å². The second kappa shape index (κ2) is 5.98. The van der Waals surface area contributed by atoms with Gasteiger partial charge in [-0.25, -0.2) is 27.2 Å². The summed E-state index contributed by atoms with van der Waals surface area (Å²) in [6.07, 6.45) is -5.69. The molecule has 4 N–H and O–H groups in total. The first kappa shape index (κ1) is 16.7. The van der Waals surface area contributed by atoms with Crippen molar-refractivity contribution in [1.82, 2.24) is 0 Å². The van der Waals surface area contributed by atoms with Crippen LogP contribution in [-0.2, 0) is 6.42 Å². The number of nitrogen functional groups attached to an aromatic ring is 1. The van der Waals surface area contributed by atoms with E-state index >= 15 is 0 Å². The van der Waals surface area contributed by atoms with E-state index in [1.165, 1.54) is 0 Å². The number of carbonyl (C=O) groups is 2. The third kappa shape index (κ3) is 3.61. The number of hydrogen-bond acceptors (Lipinski definition) is 3. The molecule has 0 heterocycles. The molecular weight excluding hydrogens is 298 g/mol. The molecule has 0 amide bonds. The van der Waals surface area contributed by atoms with Gasteiger partial charge in [0.2, 0.25) is 0 Å². The Hall–Kier alpha value is -2.32. The molecule has 0 saturated heterocycles.